The van der Waals surface area contributed by atoms with E-state index in [-0.39, 0.29) is 22.7 Å². The third-order valence-corrected chi connectivity index (χ3v) is 8.73. The van der Waals surface area contributed by atoms with Gasteiger partial charge in [0.05, 0.1) is 11.9 Å². The molecule has 1 aromatic heterocycles. The summed E-state index contributed by atoms with van der Waals surface area (Å²) in [5.41, 5.74) is -0.281. The smallest absolute Gasteiger partial charge is 0.376 e. The van der Waals surface area contributed by atoms with Crippen molar-refractivity contribution < 1.29 is 26.7 Å². The van der Waals surface area contributed by atoms with Crippen molar-refractivity contribution in [2.24, 2.45) is 0 Å². The SMILES string of the molecule is CCc1cc(CN2CC3CCC(C2)N3S(C)(=O)=O)ncc1-c1ccc(C(C)(O)C(F)(F)F)cc1Cl. The van der Waals surface area contributed by atoms with Crippen molar-refractivity contribution in [1.82, 2.24) is 14.2 Å². The molecular weight excluding hydrogens is 503 g/mol. The van der Waals surface area contributed by atoms with Crippen LogP contribution in [0.25, 0.3) is 11.1 Å². The van der Waals surface area contributed by atoms with Gasteiger partial charge in [-0.3, -0.25) is 9.88 Å². The molecule has 35 heavy (non-hydrogen) atoms. The second kappa shape index (κ2) is 9.30. The van der Waals surface area contributed by atoms with E-state index in [0.717, 1.165) is 35.7 Å². The Balaban J connectivity index is 1.55. The van der Waals surface area contributed by atoms with E-state index in [2.05, 4.69) is 9.88 Å². The maximum atomic E-state index is 13.2. The summed E-state index contributed by atoms with van der Waals surface area (Å²) < 4.78 is 65.6. The zero-order valence-electron chi connectivity index (χ0n) is 19.8. The van der Waals surface area contributed by atoms with Crippen molar-refractivity contribution >= 4 is 21.6 Å². The Bertz CT molecular complexity index is 1210. The summed E-state index contributed by atoms with van der Waals surface area (Å²) in [7, 11) is -3.23. The molecule has 3 heterocycles. The summed E-state index contributed by atoms with van der Waals surface area (Å²) in [4.78, 5) is 6.81. The Morgan fingerprint density at radius 3 is 2.29 bits per heavy atom. The van der Waals surface area contributed by atoms with Gasteiger partial charge in [-0.2, -0.15) is 17.5 Å². The van der Waals surface area contributed by atoms with Crippen LogP contribution in [0, 0.1) is 0 Å². The van der Waals surface area contributed by atoms with Gasteiger partial charge in [0.2, 0.25) is 10.0 Å². The summed E-state index contributed by atoms with van der Waals surface area (Å²) in [5, 5.41) is 10.1. The molecule has 2 bridgehead atoms. The highest BCUT2D eigenvalue weighted by Crippen LogP contribution is 2.41. The largest absolute Gasteiger partial charge is 0.421 e. The lowest BCUT2D eigenvalue weighted by molar-refractivity contribution is -0.258. The number of aliphatic hydroxyl groups is 1. The molecule has 3 atom stereocenters. The molecule has 0 spiro atoms. The Hall–Kier alpha value is -1.72. The van der Waals surface area contributed by atoms with Gasteiger partial charge in [-0.15, -0.1) is 0 Å². The standard InChI is InChI=1S/C24H29ClF3N3O3S/c1-4-15-9-17(12-30-13-18-6-7-19(14-30)31(18)35(3,33)34)29-11-21(15)20-8-5-16(10-22(20)25)23(2,32)24(26,27)28/h5,8-11,18-19,32H,4,6-7,12-14H2,1-3H3. The molecule has 4 rings (SSSR count). The van der Waals surface area contributed by atoms with Gasteiger partial charge in [0.15, 0.2) is 5.60 Å². The van der Waals surface area contributed by atoms with Crippen molar-refractivity contribution in [2.75, 3.05) is 19.3 Å². The van der Waals surface area contributed by atoms with Crippen LogP contribution in [0.5, 0.6) is 0 Å². The van der Waals surface area contributed by atoms with Crippen LogP contribution >= 0.6 is 11.6 Å². The number of hydrogen-bond donors (Lipinski definition) is 1. The number of rotatable bonds is 6. The fourth-order valence-electron chi connectivity index (χ4n) is 5.22. The number of aromatic nitrogens is 1. The number of sulfonamides is 1. The maximum Gasteiger partial charge on any atom is 0.421 e. The first-order chi connectivity index (χ1) is 16.2. The second-order valence-corrected chi connectivity index (χ2v) is 11.9. The summed E-state index contributed by atoms with van der Waals surface area (Å²) in [6.07, 6.45) is 0.493. The van der Waals surface area contributed by atoms with Crippen LogP contribution in [0.1, 0.15) is 43.5 Å². The molecule has 2 aliphatic heterocycles. The minimum absolute atomic E-state index is 0.0140. The molecule has 3 unspecified atom stereocenters. The number of aryl methyl sites for hydroxylation is 1. The molecule has 2 aromatic rings. The lowest BCUT2D eigenvalue weighted by atomic mass is 9.92. The van der Waals surface area contributed by atoms with Crippen molar-refractivity contribution in [3.05, 3.63) is 52.3 Å². The molecule has 0 aliphatic carbocycles. The number of pyridine rings is 1. The van der Waals surface area contributed by atoms with E-state index in [4.69, 9.17) is 11.6 Å². The minimum atomic E-state index is -4.83. The van der Waals surface area contributed by atoms with Gasteiger partial charge in [0, 0.05) is 54.1 Å². The van der Waals surface area contributed by atoms with Crippen LogP contribution in [-0.4, -0.2) is 65.3 Å². The van der Waals surface area contributed by atoms with Crippen LogP contribution in [0.3, 0.4) is 0 Å². The molecule has 0 saturated carbocycles. The van der Waals surface area contributed by atoms with E-state index in [9.17, 15) is 26.7 Å². The van der Waals surface area contributed by atoms with Crippen LogP contribution in [0.2, 0.25) is 5.02 Å². The quantitative estimate of drug-likeness (QED) is 0.600. The third-order valence-electron chi connectivity index (χ3n) is 7.06. The molecule has 0 amide bonds. The lowest BCUT2D eigenvalue weighted by Crippen LogP contribution is -2.55. The summed E-state index contributed by atoms with van der Waals surface area (Å²) in [5.74, 6) is 0. The van der Waals surface area contributed by atoms with Crippen molar-refractivity contribution in [2.45, 2.75) is 63.5 Å². The molecule has 6 nitrogen and oxygen atoms in total. The average molecular weight is 532 g/mol. The predicted molar refractivity (Wildman–Crippen MR) is 128 cm³/mol. The molecule has 2 fully saturated rings. The van der Waals surface area contributed by atoms with Crippen LogP contribution in [0.15, 0.2) is 30.5 Å². The van der Waals surface area contributed by atoms with Crippen molar-refractivity contribution in [3.8, 4) is 11.1 Å². The van der Waals surface area contributed by atoms with Gasteiger partial charge in [0.25, 0.3) is 0 Å². The normalized spacial score (nSPS) is 23.4. The van der Waals surface area contributed by atoms with E-state index in [1.54, 1.807) is 10.5 Å². The van der Waals surface area contributed by atoms with Gasteiger partial charge in [-0.05, 0) is 49.4 Å². The summed E-state index contributed by atoms with van der Waals surface area (Å²) >= 11 is 6.37. The summed E-state index contributed by atoms with van der Waals surface area (Å²) in [6, 6.07) is 5.81. The van der Waals surface area contributed by atoms with Crippen molar-refractivity contribution in [3.63, 3.8) is 0 Å². The van der Waals surface area contributed by atoms with E-state index >= 15 is 0 Å². The van der Waals surface area contributed by atoms with Crippen LogP contribution in [0.4, 0.5) is 13.2 Å². The first kappa shape index (κ1) is 26.3. The Labute approximate surface area is 208 Å². The van der Waals surface area contributed by atoms with E-state index < -0.39 is 21.8 Å². The monoisotopic (exact) mass is 531 g/mol. The van der Waals surface area contributed by atoms with E-state index in [0.29, 0.717) is 38.5 Å². The maximum absolute atomic E-state index is 13.2. The van der Waals surface area contributed by atoms with E-state index in [1.165, 1.54) is 18.4 Å². The van der Waals surface area contributed by atoms with E-state index in [1.807, 2.05) is 13.0 Å². The minimum Gasteiger partial charge on any atom is -0.376 e. The highest BCUT2D eigenvalue weighted by atomic mass is 35.5. The Morgan fingerprint density at radius 2 is 1.77 bits per heavy atom. The van der Waals surface area contributed by atoms with Gasteiger partial charge >= 0.3 is 6.18 Å². The zero-order chi connectivity index (χ0) is 25.8. The number of hydrogen-bond acceptors (Lipinski definition) is 5. The molecule has 11 heteroatoms. The number of halogens is 4. The van der Waals surface area contributed by atoms with Gasteiger partial charge in [-0.1, -0.05) is 30.7 Å². The Kier molecular flexibility index (Phi) is 7.00. The molecule has 1 N–H and O–H groups in total. The number of piperazine rings is 1. The third kappa shape index (κ3) is 5.09. The molecule has 1 aromatic carbocycles. The molecule has 2 aliphatic rings. The molecule has 2 saturated heterocycles. The van der Waals surface area contributed by atoms with Gasteiger partial charge < -0.3 is 5.11 Å². The second-order valence-electron chi connectivity index (χ2n) is 9.62. The molecule has 0 radical (unpaired) electrons. The van der Waals surface area contributed by atoms with Crippen molar-refractivity contribution in [1.29, 1.82) is 0 Å². The van der Waals surface area contributed by atoms with Gasteiger partial charge in [0.1, 0.15) is 0 Å². The average Bonchev–Trinajstić information content (AvgIpc) is 3.05. The number of likely N-dealkylation sites (tertiary alicyclic amines) is 1. The van der Waals surface area contributed by atoms with Gasteiger partial charge in [-0.25, -0.2) is 8.42 Å². The number of nitrogens with zero attached hydrogens (tertiary/aromatic N) is 3. The predicted octanol–water partition coefficient (Wildman–Crippen LogP) is 4.34. The Morgan fingerprint density at radius 1 is 1.14 bits per heavy atom. The lowest BCUT2D eigenvalue weighted by Gasteiger charge is -2.39. The topological polar surface area (TPSA) is 73.7 Å². The zero-order valence-corrected chi connectivity index (χ0v) is 21.4. The van der Waals surface area contributed by atoms with Crippen LogP contribution in [-0.2, 0) is 28.6 Å². The first-order valence-electron chi connectivity index (χ1n) is 11.5. The highest BCUT2D eigenvalue weighted by Gasteiger charge is 2.51. The number of fused-ring (bicyclic) bond motifs is 2. The fraction of sp³-hybridized carbons (Fsp3) is 0.542. The molecular formula is C24H29ClF3N3O3S. The number of alkyl halides is 3. The number of benzene rings is 1. The summed E-state index contributed by atoms with van der Waals surface area (Å²) in [6.45, 7) is 4.57. The first-order valence-corrected chi connectivity index (χ1v) is 13.7. The highest BCUT2D eigenvalue weighted by molar-refractivity contribution is 7.88. The fourth-order valence-corrected chi connectivity index (χ4v) is 6.93. The molecule has 192 valence electrons. The van der Waals surface area contributed by atoms with Crippen LogP contribution < -0.4 is 0 Å².